The van der Waals surface area contributed by atoms with Gasteiger partial charge in [-0.2, -0.15) is 47.9 Å². The van der Waals surface area contributed by atoms with Crippen LogP contribution in [0.2, 0.25) is 0 Å². The molecule has 0 rings (SSSR count). The van der Waals surface area contributed by atoms with Crippen LogP contribution in [0.5, 0.6) is 0 Å². The third-order valence-corrected chi connectivity index (χ3v) is 4.27. The Kier molecular flexibility index (Phi) is 6.55. The summed E-state index contributed by atoms with van der Waals surface area (Å²) >= 11 is 0. The molecule has 0 saturated carbocycles. The van der Waals surface area contributed by atoms with E-state index in [0.717, 1.165) is 0 Å². The zero-order chi connectivity index (χ0) is 17.7. The van der Waals surface area contributed by atoms with Gasteiger partial charge in [-0.15, -0.1) is 0 Å². The van der Waals surface area contributed by atoms with E-state index in [2.05, 4.69) is 0 Å². The van der Waals surface area contributed by atoms with Crippen molar-refractivity contribution >= 4 is 39.3 Å². The predicted molar refractivity (Wildman–Crippen MR) is 50.1 cm³/mol. The molecule has 0 saturated heterocycles. The van der Waals surface area contributed by atoms with Crippen LogP contribution in [-0.2, 0) is 20.4 Å². The molecule has 0 atom stereocenters. The molecule has 0 fully saturated rings. The van der Waals surface area contributed by atoms with Crippen molar-refractivity contribution in [3.63, 3.8) is 0 Å². The molecular formula is C4H2F10LiNO4S2. The van der Waals surface area contributed by atoms with Crippen LogP contribution in [0.4, 0.5) is 43.4 Å². The number of halogens is 10. The van der Waals surface area contributed by atoms with E-state index in [1.54, 1.807) is 0 Å². The summed E-state index contributed by atoms with van der Waals surface area (Å²) in [7, 11) is -14.2. The van der Waals surface area contributed by atoms with Gasteiger partial charge >= 0.3 is 52.5 Å². The van der Waals surface area contributed by atoms with E-state index in [9.17, 15) is 60.2 Å². The molecule has 22 heavy (non-hydrogen) atoms. The van der Waals surface area contributed by atoms with Crippen LogP contribution in [0, 0.1) is 0 Å². The number of hydrogen-bond donors (Lipinski definition) is 1. The van der Waals surface area contributed by atoms with Crippen LogP contribution in [0.1, 0.15) is 0 Å². The maximum absolute atomic E-state index is 12.7. The van der Waals surface area contributed by atoms with E-state index in [4.69, 9.17) is 0 Å². The predicted octanol–water partition coefficient (Wildman–Crippen LogP) is 0.897. The van der Waals surface area contributed by atoms with Crippen LogP contribution in [-0.4, -0.2) is 59.0 Å². The Balaban J connectivity index is 0. The standard InChI is InChI=1S/C4HF10NO4S2.Li.H/c5-1(6,3(9,10)11)2(7,8)4(12,13)20(16,17)15-21(14,18)19;;/h15H;;. The Morgan fingerprint density at radius 2 is 1.00 bits per heavy atom. The zero-order valence-electron chi connectivity index (χ0n) is 8.73. The van der Waals surface area contributed by atoms with Gasteiger partial charge in [0.15, 0.2) is 0 Å². The first-order chi connectivity index (χ1) is 8.71. The average Bonchev–Trinajstić information content (AvgIpc) is 2.10. The maximum atomic E-state index is 12.7. The molecule has 0 unspecified atom stereocenters. The molecule has 0 bridgehead atoms. The van der Waals surface area contributed by atoms with E-state index in [1.165, 1.54) is 0 Å². The molecule has 0 aromatic carbocycles. The summed E-state index contributed by atoms with van der Waals surface area (Å²) in [5.74, 6) is -15.2. The first-order valence-corrected chi connectivity index (χ1v) is 6.75. The molecule has 0 aliphatic heterocycles. The fourth-order valence-electron chi connectivity index (χ4n) is 0.713. The molecule has 0 radical (unpaired) electrons. The first kappa shape index (κ1) is 24.0. The normalized spacial score (nSPS) is 15.4. The van der Waals surface area contributed by atoms with Crippen LogP contribution >= 0.6 is 0 Å². The summed E-state index contributed by atoms with van der Waals surface area (Å²) in [5, 5.41) is -7.32. The molecule has 0 aliphatic carbocycles. The molecule has 18 heteroatoms. The molecule has 0 amide bonds. The number of sulfonamides is 1. The van der Waals surface area contributed by atoms with Crippen molar-refractivity contribution in [2.45, 2.75) is 23.3 Å². The molecule has 1 N–H and O–H groups in total. The minimum atomic E-state index is -7.64. The molecule has 0 aliphatic rings. The molecule has 130 valence electrons. The Labute approximate surface area is 127 Å². The molecule has 5 nitrogen and oxygen atoms in total. The Bertz CT molecular complexity index is 609. The van der Waals surface area contributed by atoms with E-state index in [-0.39, 0.29) is 18.9 Å². The summed E-state index contributed by atoms with van der Waals surface area (Å²) < 4.78 is 161. The van der Waals surface area contributed by atoms with Gasteiger partial charge in [0.2, 0.25) is 0 Å². The number of nitrogens with one attached hydrogen (secondary N) is 1. The fraction of sp³-hybridized carbons (Fsp3) is 1.00. The van der Waals surface area contributed by atoms with Crippen molar-refractivity contribution in [2.24, 2.45) is 0 Å². The van der Waals surface area contributed by atoms with Crippen molar-refractivity contribution < 1.29 is 60.2 Å². The molecular weight excluding hydrogens is 387 g/mol. The van der Waals surface area contributed by atoms with Gasteiger partial charge in [0.05, 0.1) is 0 Å². The summed E-state index contributed by atoms with van der Waals surface area (Å²) in [6, 6.07) is 0. The first-order valence-electron chi connectivity index (χ1n) is 3.88. The topological polar surface area (TPSA) is 80.3 Å². The van der Waals surface area contributed by atoms with Crippen molar-refractivity contribution in [1.29, 1.82) is 0 Å². The number of alkyl halides is 9. The van der Waals surface area contributed by atoms with Gasteiger partial charge in [-0.25, -0.2) is 8.42 Å². The van der Waals surface area contributed by atoms with Gasteiger partial charge in [-0.1, -0.05) is 8.01 Å². The van der Waals surface area contributed by atoms with Crippen LogP contribution < -0.4 is 4.13 Å². The van der Waals surface area contributed by atoms with E-state index in [0.29, 0.717) is 0 Å². The Morgan fingerprint density at radius 3 is 1.23 bits per heavy atom. The summed E-state index contributed by atoms with van der Waals surface area (Å²) in [6.07, 6.45) is -7.32. The number of rotatable bonds is 5. The summed E-state index contributed by atoms with van der Waals surface area (Å²) in [6.45, 7) is 0. The minimum absolute atomic E-state index is 0. The van der Waals surface area contributed by atoms with Gasteiger partial charge in [0, 0.05) is 0 Å². The monoisotopic (exact) mass is 389 g/mol. The second-order valence-corrected chi connectivity index (χ2v) is 6.25. The van der Waals surface area contributed by atoms with Crippen LogP contribution in [0.15, 0.2) is 0 Å². The van der Waals surface area contributed by atoms with Gasteiger partial charge in [0.25, 0.3) is 10.0 Å². The molecule has 0 spiro atoms. The fourth-order valence-corrected chi connectivity index (χ4v) is 2.65. The van der Waals surface area contributed by atoms with Gasteiger partial charge < -0.3 is 0 Å². The van der Waals surface area contributed by atoms with Crippen molar-refractivity contribution in [2.75, 3.05) is 0 Å². The van der Waals surface area contributed by atoms with Crippen molar-refractivity contribution in [1.82, 2.24) is 4.13 Å². The SMILES string of the molecule is O=S(=O)(F)NS(=O)(=O)C(F)(F)C(F)(F)C(F)(F)C(F)(F)F.[LiH]. The van der Waals surface area contributed by atoms with Crippen LogP contribution in [0.3, 0.4) is 0 Å². The van der Waals surface area contributed by atoms with Crippen molar-refractivity contribution in [3.8, 4) is 0 Å². The zero-order valence-corrected chi connectivity index (χ0v) is 10.4. The van der Waals surface area contributed by atoms with Gasteiger partial charge in [0.1, 0.15) is 0 Å². The molecule has 0 heterocycles. The summed E-state index contributed by atoms with van der Waals surface area (Å²) in [4.78, 5) is 0. The number of hydrogen-bond acceptors (Lipinski definition) is 4. The van der Waals surface area contributed by atoms with Gasteiger partial charge in [-0.05, 0) is 0 Å². The van der Waals surface area contributed by atoms with Crippen molar-refractivity contribution in [3.05, 3.63) is 0 Å². The van der Waals surface area contributed by atoms with E-state index in [1.807, 2.05) is 0 Å². The quantitative estimate of drug-likeness (QED) is 0.431. The third kappa shape index (κ3) is 3.99. The average molecular weight is 389 g/mol. The Morgan fingerprint density at radius 1 is 0.682 bits per heavy atom. The summed E-state index contributed by atoms with van der Waals surface area (Å²) in [5.41, 5.74) is 0. The van der Waals surface area contributed by atoms with Gasteiger partial charge in [-0.3, -0.25) is 0 Å². The third-order valence-electron chi connectivity index (χ3n) is 1.66. The van der Waals surface area contributed by atoms with Crippen LogP contribution in [0.25, 0.3) is 0 Å². The second-order valence-electron chi connectivity index (χ2n) is 3.19. The molecule has 0 aromatic heterocycles. The van der Waals surface area contributed by atoms with E-state index >= 15 is 0 Å². The Hall–Kier alpha value is -0.243. The van der Waals surface area contributed by atoms with E-state index < -0.39 is 47.8 Å². The molecule has 0 aromatic rings. The second kappa shape index (κ2) is 6.00.